The predicted molar refractivity (Wildman–Crippen MR) is 73.1 cm³/mol. The Balaban J connectivity index is 2.31. The van der Waals surface area contributed by atoms with E-state index in [1.165, 1.54) is 0 Å². The minimum absolute atomic E-state index is 0.0393. The third-order valence-electron chi connectivity index (χ3n) is 4.90. The molecule has 0 saturated heterocycles. The summed E-state index contributed by atoms with van der Waals surface area (Å²) in [7, 11) is 0. The van der Waals surface area contributed by atoms with Gasteiger partial charge in [0.25, 0.3) is 0 Å². The van der Waals surface area contributed by atoms with Gasteiger partial charge in [0, 0.05) is 19.7 Å². The second kappa shape index (κ2) is 5.57. The summed E-state index contributed by atoms with van der Waals surface area (Å²) in [4.78, 5) is 11.8. The number of hydrogen-bond acceptors (Lipinski definition) is 3. The van der Waals surface area contributed by atoms with Crippen LogP contribution >= 0.6 is 0 Å². The van der Waals surface area contributed by atoms with Crippen LogP contribution in [0.3, 0.4) is 0 Å². The molecule has 0 aromatic heterocycles. The molecule has 18 heavy (non-hydrogen) atoms. The molecule has 4 heteroatoms. The van der Waals surface area contributed by atoms with Gasteiger partial charge >= 0.3 is 0 Å². The maximum Gasteiger partial charge on any atom is 0.222 e. The van der Waals surface area contributed by atoms with Gasteiger partial charge < -0.3 is 15.8 Å². The Morgan fingerprint density at radius 2 is 1.89 bits per heavy atom. The molecule has 106 valence electrons. The number of nitrogens with two attached hydrogens (primary N) is 1. The van der Waals surface area contributed by atoms with E-state index in [9.17, 15) is 4.79 Å². The molecule has 1 saturated carbocycles. The van der Waals surface area contributed by atoms with Crippen molar-refractivity contribution in [2.75, 3.05) is 19.7 Å². The van der Waals surface area contributed by atoms with Crippen LogP contribution in [0.5, 0.6) is 0 Å². The van der Waals surface area contributed by atoms with Crippen molar-refractivity contribution in [3.63, 3.8) is 0 Å². The SMILES string of the molecule is CCOC(CN)CC(=O)NCC1C(C)(C)C1(C)C. The van der Waals surface area contributed by atoms with Gasteiger partial charge in [0.2, 0.25) is 5.91 Å². The van der Waals surface area contributed by atoms with Crippen LogP contribution in [0.1, 0.15) is 41.0 Å². The highest BCUT2D eigenvalue weighted by molar-refractivity contribution is 5.76. The molecule has 1 aliphatic carbocycles. The Bertz CT molecular complexity index is 286. The second-order valence-electron chi connectivity index (χ2n) is 6.32. The third kappa shape index (κ3) is 3.04. The van der Waals surface area contributed by atoms with Crippen LogP contribution in [0.2, 0.25) is 0 Å². The van der Waals surface area contributed by atoms with Gasteiger partial charge in [0.05, 0.1) is 12.5 Å². The van der Waals surface area contributed by atoms with E-state index < -0.39 is 0 Å². The van der Waals surface area contributed by atoms with Crippen LogP contribution in [0.4, 0.5) is 0 Å². The first kappa shape index (κ1) is 15.4. The number of rotatable bonds is 7. The zero-order chi connectivity index (χ0) is 14.0. The van der Waals surface area contributed by atoms with Crippen LogP contribution in [-0.2, 0) is 9.53 Å². The highest BCUT2D eigenvalue weighted by atomic mass is 16.5. The van der Waals surface area contributed by atoms with Crippen molar-refractivity contribution in [2.45, 2.75) is 47.1 Å². The van der Waals surface area contributed by atoms with Gasteiger partial charge in [-0.05, 0) is 23.7 Å². The van der Waals surface area contributed by atoms with Crippen LogP contribution in [0.25, 0.3) is 0 Å². The van der Waals surface area contributed by atoms with Crippen molar-refractivity contribution < 1.29 is 9.53 Å². The van der Waals surface area contributed by atoms with Gasteiger partial charge in [-0.15, -0.1) is 0 Å². The molecule has 0 radical (unpaired) electrons. The van der Waals surface area contributed by atoms with Gasteiger partial charge in [-0.2, -0.15) is 0 Å². The number of ether oxygens (including phenoxy) is 1. The zero-order valence-electron chi connectivity index (χ0n) is 12.4. The Morgan fingerprint density at radius 3 is 2.28 bits per heavy atom. The van der Waals surface area contributed by atoms with Crippen molar-refractivity contribution in [1.82, 2.24) is 5.32 Å². The molecular formula is C14H28N2O2. The van der Waals surface area contributed by atoms with Gasteiger partial charge in [0.15, 0.2) is 0 Å². The molecule has 4 nitrogen and oxygen atoms in total. The van der Waals surface area contributed by atoms with Crippen molar-refractivity contribution >= 4 is 5.91 Å². The minimum atomic E-state index is -0.157. The number of hydrogen-bond donors (Lipinski definition) is 2. The van der Waals surface area contributed by atoms with E-state index in [0.717, 1.165) is 6.54 Å². The fourth-order valence-corrected chi connectivity index (χ4v) is 2.78. The molecule has 3 N–H and O–H groups in total. The number of nitrogens with one attached hydrogen (secondary N) is 1. The first-order chi connectivity index (χ1) is 8.27. The van der Waals surface area contributed by atoms with E-state index in [2.05, 4.69) is 33.0 Å². The average Bonchev–Trinajstić information content (AvgIpc) is 2.66. The standard InChI is InChI=1S/C14H28N2O2/c1-6-18-10(8-15)7-12(17)16-9-11-13(2,3)14(11,4)5/h10-11H,6-9,15H2,1-5H3,(H,16,17). The minimum Gasteiger partial charge on any atom is -0.377 e. The van der Waals surface area contributed by atoms with Gasteiger partial charge in [0.1, 0.15) is 0 Å². The molecule has 0 aliphatic heterocycles. The summed E-state index contributed by atoms with van der Waals surface area (Å²) in [5.74, 6) is 0.592. The molecule has 1 amide bonds. The van der Waals surface area contributed by atoms with Gasteiger partial charge in [-0.3, -0.25) is 4.79 Å². The zero-order valence-corrected chi connectivity index (χ0v) is 12.4. The van der Waals surface area contributed by atoms with Crippen molar-refractivity contribution in [1.29, 1.82) is 0 Å². The summed E-state index contributed by atoms with van der Waals surface area (Å²) in [5, 5.41) is 3.00. The maximum atomic E-state index is 11.8. The number of carbonyl (C=O) groups is 1. The lowest BCUT2D eigenvalue weighted by Gasteiger charge is -2.14. The molecule has 1 rings (SSSR count). The van der Waals surface area contributed by atoms with Gasteiger partial charge in [-0.1, -0.05) is 27.7 Å². The molecule has 0 aromatic carbocycles. The van der Waals surface area contributed by atoms with Crippen LogP contribution in [-0.4, -0.2) is 31.7 Å². The molecular weight excluding hydrogens is 228 g/mol. The van der Waals surface area contributed by atoms with E-state index in [4.69, 9.17) is 10.5 Å². The number of carbonyl (C=O) groups excluding carboxylic acids is 1. The highest BCUT2D eigenvalue weighted by Gasteiger charge is 2.64. The van der Waals surface area contributed by atoms with E-state index in [0.29, 0.717) is 36.3 Å². The molecule has 1 atom stereocenters. The smallest absolute Gasteiger partial charge is 0.222 e. The van der Waals surface area contributed by atoms with Crippen molar-refractivity contribution in [2.24, 2.45) is 22.5 Å². The summed E-state index contributed by atoms with van der Waals surface area (Å²) in [6, 6.07) is 0. The second-order valence-corrected chi connectivity index (χ2v) is 6.32. The fraction of sp³-hybridized carbons (Fsp3) is 0.929. The highest BCUT2D eigenvalue weighted by Crippen LogP contribution is 2.67. The van der Waals surface area contributed by atoms with E-state index in [-0.39, 0.29) is 12.0 Å². The summed E-state index contributed by atoms with van der Waals surface area (Å²) < 4.78 is 5.38. The summed E-state index contributed by atoms with van der Waals surface area (Å²) in [5.41, 5.74) is 6.18. The molecule has 0 heterocycles. The van der Waals surface area contributed by atoms with Crippen molar-refractivity contribution in [3.05, 3.63) is 0 Å². The molecule has 0 aromatic rings. The Kier molecular flexibility index (Phi) is 4.78. The lowest BCUT2D eigenvalue weighted by atomic mass is 10.0. The van der Waals surface area contributed by atoms with Crippen LogP contribution in [0.15, 0.2) is 0 Å². The average molecular weight is 256 g/mol. The summed E-state index contributed by atoms with van der Waals surface area (Å²) in [6.45, 7) is 12.7. The number of amides is 1. The Hall–Kier alpha value is -0.610. The lowest BCUT2D eigenvalue weighted by Crippen LogP contribution is -2.34. The van der Waals surface area contributed by atoms with Gasteiger partial charge in [-0.25, -0.2) is 0 Å². The van der Waals surface area contributed by atoms with E-state index in [1.807, 2.05) is 6.92 Å². The molecule has 1 unspecified atom stereocenters. The van der Waals surface area contributed by atoms with E-state index in [1.54, 1.807) is 0 Å². The van der Waals surface area contributed by atoms with Crippen molar-refractivity contribution in [3.8, 4) is 0 Å². The Labute approximate surface area is 111 Å². The predicted octanol–water partition coefficient (Wildman–Crippen LogP) is 1.54. The third-order valence-corrected chi connectivity index (χ3v) is 4.90. The quantitative estimate of drug-likeness (QED) is 0.726. The summed E-state index contributed by atoms with van der Waals surface area (Å²) in [6.07, 6.45) is 0.202. The monoisotopic (exact) mass is 256 g/mol. The molecule has 1 aliphatic rings. The molecule has 0 bridgehead atoms. The largest absolute Gasteiger partial charge is 0.377 e. The fourth-order valence-electron chi connectivity index (χ4n) is 2.78. The first-order valence-corrected chi connectivity index (χ1v) is 6.85. The maximum absolute atomic E-state index is 11.8. The molecule has 0 spiro atoms. The first-order valence-electron chi connectivity index (χ1n) is 6.85. The topological polar surface area (TPSA) is 64.3 Å². The normalized spacial score (nSPS) is 22.6. The van der Waals surface area contributed by atoms with Crippen LogP contribution < -0.4 is 11.1 Å². The van der Waals surface area contributed by atoms with Crippen LogP contribution in [0, 0.1) is 16.7 Å². The lowest BCUT2D eigenvalue weighted by molar-refractivity contribution is -0.123. The Morgan fingerprint density at radius 1 is 1.33 bits per heavy atom. The summed E-state index contributed by atoms with van der Waals surface area (Å²) >= 11 is 0. The van der Waals surface area contributed by atoms with E-state index >= 15 is 0 Å². The molecule has 1 fully saturated rings.